The normalized spacial score (nSPS) is 11.8. The van der Waals surface area contributed by atoms with Gasteiger partial charge < -0.3 is 5.11 Å². The largest absolute Gasteiger partial charge is 0.384 e. The van der Waals surface area contributed by atoms with E-state index < -0.39 is 5.60 Å². The molecule has 0 aliphatic carbocycles. The van der Waals surface area contributed by atoms with Crippen LogP contribution in [0.3, 0.4) is 0 Å². The topological polar surface area (TPSA) is 76.2 Å². The summed E-state index contributed by atoms with van der Waals surface area (Å²) in [6.45, 7) is 3.34. The maximum Gasteiger partial charge on any atom is 0.234 e. The van der Waals surface area contributed by atoms with E-state index in [1.165, 1.54) is 18.5 Å². The van der Waals surface area contributed by atoms with E-state index >= 15 is 0 Å². The average Bonchev–Trinajstić information content (AvgIpc) is 3.05. The molecule has 3 aromatic heterocycles. The van der Waals surface area contributed by atoms with Gasteiger partial charge in [-0.05, 0) is 38.1 Å². The van der Waals surface area contributed by atoms with E-state index in [4.69, 9.17) is 0 Å². The fourth-order valence-electron chi connectivity index (χ4n) is 2.74. The fourth-order valence-corrected chi connectivity index (χ4v) is 2.74. The summed E-state index contributed by atoms with van der Waals surface area (Å²) in [4.78, 5) is 16.9. The lowest BCUT2D eigenvalue weighted by Gasteiger charge is -2.16. The maximum atomic E-state index is 14.3. The maximum absolute atomic E-state index is 14.3. The van der Waals surface area contributed by atoms with Crippen LogP contribution in [0, 0.1) is 5.82 Å². The zero-order chi connectivity index (χ0) is 18.3. The summed E-state index contributed by atoms with van der Waals surface area (Å²) in [5.74, 6) is 0.0931. The third-order valence-corrected chi connectivity index (χ3v) is 4.11. The molecule has 0 unspecified atom stereocenters. The van der Waals surface area contributed by atoms with E-state index in [1.807, 2.05) is 0 Å². The van der Waals surface area contributed by atoms with Gasteiger partial charge >= 0.3 is 0 Å². The summed E-state index contributed by atoms with van der Waals surface area (Å²) in [5, 5.41) is 10.1. The lowest BCUT2D eigenvalue weighted by molar-refractivity contribution is 0.0739. The van der Waals surface area contributed by atoms with Gasteiger partial charge in [0, 0.05) is 29.7 Å². The molecule has 0 saturated carbocycles. The van der Waals surface area contributed by atoms with Crippen molar-refractivity contribution >= 4 is 5.78 Å². The van der Waals surface area contributed by atoms with Crippen molar-refractivity contribution in [2.45, 2.75) is 19.4 Å². The molecule has 6 nitrogen and oxygen atoms in total. The quantitative estimate of drug-likeness (QED) is 0.614. The highest BCUT2D eigenvalue weighted by Gasteiger charge is 2.19. The molecule has 0 aliphatic rings. The van der Waals surface area contributed by atoms with Crippen LogP contribution in [0.2, 0.25) is 0 Å². The first kappa shape index (κ1) is 16.3. The first-order valence-corrected chi connectivity index (χ1v) is 8.07. The summed E-state index contributed by atoms with van der Waals surface area (Å²) >= 11 is 0. The Labute approximate surface area is 149 Å². The van der Waals surface area contributed by atoms with E-state index in [-0.39, 0.29) is 5.82 Å². The minimum atomic E-state index is -1.05. The van der Waals surface area contributed by atoms with E-state index in [0.29, 0.717) is 22.7 Å². The van der Waals surface area contributed by atoms with Crippen molar-refractivity contribution in [1.29, 1.82) is 0 Å². The van der Waals surface area contributed by atoms with Gasteiger partial charge in [0.1, 0.15) is 11.4 Å². The Morgan fingerprint density at radius 1 is 1.08 bits per heavy atom. The highest BCUT2D eigenvalue weighted by atomic mass is 19.1. The molecule has 0 spiro atoms. The summed E-state index contributed by atoms with van der Waals surface area (Å²) in [5.41, 5.74) is 1.84. The Hall–Kier alpha value is -3.19. The van der Waals surface area contributed by atoms with E-state index in [2.05, 4.69) is 19.9 Å². The summed E-state index contributed by atoms with van der Waals surface area (Å²) in [7, 11) is 0. The number of fused-ring (bicyclic) bond motifs is 1. The molecule has 0 aliphatic heterocycles. The average molecular weight is 349 g/mol. The number of imidazole rings is 1. The van der Waals surface area contributed by atoms with Crippen LogP contribution in [0.25, 0.3) is 28.3 Å². The Kier molecular flexibility index (Phi) is 3.73. The first-order valence-electron chi connectivity index (χ1n) is 8.07. The number of nitrogens with zero attached hydrogens (tertiary/aromatic N) is 5. The van der Waals surface area contributed by atoms with Crippen molar-refractivity contribution in [3.8, 4) is 22.5 Å². The molecule has 0 atom stereocenters. The number of hydrogen-bond donors (Lipinski definition) is 1. The van der Waals surface area contributed by atoms with Gasteiger partial charge in [-0.15, -0.1) is 0 Å². The van der Waals surface area contributed by atoms with E-state index in [1.54, 1.807) is 55.0 Å². The number of benzene rings is 1. The molecule has 130 valence electrons. The van der Waals surface area contributed by atoms with E-state index in [9.17, 15) is 9.50 Å². The first-order chi connectivity index (χ1) is 12.4. The van der Waals surface area contributed by atoms with Crippen LogP contribution in [0.5, 0.6) is 0 Å². The molecule has 4 aromatic rings. The monoisotopic (exact) mass is 349 g/mol. The lowest BCUT2D eigenvalue weighted by Crippen LogP contribution is -2.18. The number of aliphatic hydroxyl groups is 1. The second kappa shape index (κ2) is 5.96. The molecule has 0 fully saturated rings. The van der Waals surface area contributed by atoms with Gasteiger partial charge in [0.25, 0.3) is 0 Å². The van der Waals surface area contributed by atoms with Gasteiger partial charge in [-0.1, -0.05) is 0 Å². The minimum Gasteiger partial charge on any atom is -0.384 e. The Morgan fingerprint density at radius 2 is 1.92 bits per heavy atom. The second-order valence-electron chi connectivity index (χ2n) is 6.47. The Balaban J connectivity index is 1.84. The third kappa shape index (κ3) is 2.82. The van der Waals surface area contributed by atoms with Crippen LogP contribution in [0.15, 0.2) is 55.2 Å². The molecule has 7 heteroatoms. The highest BCUT2D eigenvalue weighted by molar-refractivity contribution is 5.70. The minimum absolute atomic E-state index is 0.367. The predicted molar refractivity (Wildman–Crippen MR) is 94.7 cm³/mol. The van der Waals surface area contributed by atoms with Crippen LogP contribution >= 0.6 is 0 Å². The van der Waals surface area contributed by atoms with Crippen molar-refractivity contribution in [1.82, 2.24) is 24.3 Å². The van der Waals surface area contributed by atoms with Crippen molar-refractivity contribution in [3.05, 3.63) is 66.8 Å². The molecular formula is C19H16FN5O. The predicted octanol–water partition coefficient (Wildman–Crippen LogP) is 3.22. The van der Waals surface area contributed by atoms with Crippen molar-refractivity contribution < 1.29 is 9.50 Å². The molecule has 0 radical (unpaired) electrons. The van der Waals surface area contributed by atoms with Gasteiger partial charge in [-0.25, -0.2) is 14.4 Å². The Morgan fingerprint density at radius 3 is 2.65 bits per heavy atom. The molecule has 26 heavy (non-hydrogen) atoms. The number of rotatable bonds is 3. The molecule has 1 N–H and O–H groups in total. The van der Waals surface area contributed by atoms with Crippen LogP contribution in [0.1, 0.15) is 19.5 Å². The Bertz CT molecular complexity index is 1090. The highest BCUT2D eigenvalue weighted by Crippen LogP contribution is 2.28. The lowest BCUT2D eigenvalue weighted by atomic mass is 10.1. The summed E-state index contributed by atoms with van der Waals surface area (Å²) in [6, 6.07) is 6.54. The molecular weight excluding hydrogens is 333 g/mol. The van der Waals surface area contributed by atoms with Gasteiger partial charge in [0.2, 0.25) is 5.78 Å². The van der Waals surface area contributed by atoms with Crippen LogP contribution < -0.4 is 0 Å². The van der Waals surface area contributed by atoms with Gasteiger partial charge in [0.05, 0.1) is 29.5 Å². The number of halogens is 1. The van der Waals surface area contributed by atoms with Crippen molar-refractivity contribution in [2.75, 3.05) is 0 Å². The zero-order valence-corrected chi connectivity index (χ0v) is 14.3. The van der Waals surface area contributed by atoms with Crippen molar-refractivity contribution in [2.24, 2.45) is 0 Å². The van der Waals surface area contributed by atoms with Gasteiger partial charge in [0.15, 0.2) is 0 Å². The van der Waals surface area contributed by atoms with Crippen LogP contribution in [-0.2, 0) is 5.60 Å². The van der Waals surface area contributed by atoms with Crippen LogP contribution in [0.4, 0.5) is 4.39 Å². The fraction of sp³-hybridized carbons (Fsp3) is 0.158. The molecule has 0 saturated heterocycles. The van der Waals surface area contributed by atoms with E-state index in [0.717, 1.165) is 11.3 Å². The number of aromatic nitrogens is 5. The second-order valence-corrected chi connectivity index (χ2v) is 6.47. The van der Waals surface area contributed by atoms with Crippen molar-refractivity contribution in [3.63, 3.8) is 0 Å². The summed E-state index contributed by atoms with van der Waals surface area (Å²) < 4.78 is 16.1. The molecule has 4 rings (SSSR count). The van der Waals surface area contributed by atoms with Gasteiger partial charge in [-0.2, -0.15) is 0 Å². The smallest absolute Gasteiger partial charge is 0.234 e. The number of hydrogen-bond acceptors (Lipinski definition) is 5. The van der Waals surface area contributed by atoms with Crippen LogP contribution in [-0.4, -0.2) is 29.4 Å². The van der Waals surface area contributed by atoms with Gasteiger partial charge in [-0.3, -0.25) is 14.4 Å². The third-order valence-electron chi connectivity index (χ3n) is 4.11. The molecule has 0 amide bonds. The standard InChI is InChI=1S/C19H16FN5O/c1-19(2,26)17-5-8-25-16(11-23-18(25)24-17)12-3-4-14(20)13(9-12)15-10-21-6-7-22-15/h3-11,26H,1-2H3. The molecule has 1 aromatic carbocycles. The summed E-state index contributed by atoms with van der Waals surface area (Å²) in [6.07, 6.45) is 8.06. The SMILES string of the molecule is CC(C)(O)c1ccn2c(-c3ccc(F)c(-c4cnccn4)c3)cnc2n1. The molecule has 3 heterocycles. The zero-order valence-electron chi connectivity index (χ0n) is 14.3. The molecule has 0 bridgehead atoms.